The molecule has 0 aromatic rings. The van der Waals surface area contributed by atoms with Crippen LogP contribution in [0.25, 0.3) is 0 Å². The molecule has 0 fully saturated rings. The van der Waals surface area contributed by atoms with Crippen molar-refractivity contribution in [1.29, 1.82) is 0 Å². The standard InChI is InChI=1S/C24H48N4O3/c1-2-3-4-5-6-7-8-9-10-11-12-13-14-18-22(29)27-20-23(30)28-21(24(26)31)17-15-16-19-25/h21H,2-20,25H2,1H3,(H2,26,31)(H,27,29)(H,28,30)/t21-/m0/s1. The van der Waals surface area contributed by atoms with Crippen LogP contribution in [0.5, 0.6) is 0 Å². The van der Waals surface area contributed by atoms with Crippen molar-refractivity contribution >= 4 is 17.7 Å². The lowest BCUT2D eigenvalue weighted by Gasteiger charge is -2.15. The molecule has 0 unspecified atom stereocenters. The van der Waals surface area contributed by atoms with Crippen LogP contribution in [0.2, 0.25) is 0 Å². The highest BCUT2D eigenvalue weighted by molar-refractivity contribution is 5.89. The number of primary amides is 1. The van der Waals surface area contributed by atoms with E-state index in [1.165, 1.54) is 64.2 Å². The first kappa shape index (κ1) is 29.4. The fourth-order valence-electron chi connectivity index (χ4n) is 3.59. The maximum atomic E-state index is 11.9. The van der Waals surface area contributed by atoms with Gasteiger partial charge in [-0.1, -0.05) is 84.0 Å². The Balaban J connectivity index is 3.58. The topological polar surface area (TPSA) is 127 Å². The zero-order valence-corrected chi connectivity index (χ0v) is 19.9. The lowest BCUT2D eigenvalue weighted by atomic mass is 10.0. The van der Waals surface area contributed by atoms with Gasteiger partial charge >= 0.3 is 0 Å². The average Bonchev–Trinajstić information content (AvgIpc) is 2.74. The predicted octanol–water partition coefficient (Wildman–Crippen LogP) is 3.68. The highest BCUT2D eigenvalue weighted by Gasteiger charge is 2.17. The molecule has 0 aromatic carbocycles. The first-order valence-electron chi connectivity index (χ1n) is 12.6. The van der Waals surface area contributed by atoms with E-state index in [2.05, 4.69) is 17.6 Å². The smallest absolute Gasteiger partial charge is 0.240 e. The van der Waals surface area contributed by atoms with Gasteiger partial charge in [0.05, 0.1) is 6.54 Å². The molecular formula is C24H48N4O3. The van der Waals surface area contributed by atoms with Gasteiger partial charge in [0.15, 0.2) is 0 Å². The molecule has 0 aliphatic rings. The van der Waals surface area contributed by atoms with Gasteiger partial charge in [-0.2, -0.15) is 0 Å². The second kappa shape index (κ2) is 21.6. The Hall–Kier alpha value is -1.63. The van der Waals surface area contributed by atoms with Crippen LogP contribution in [0.1, 0.15) is 116 Å². The summed E-state index contributed by atoms with van der Waals surface area (Å²) in [5.41, 5.74) is 10.7. The van der Waals surface area contributed by atoms with Gasteiger partial charge in [-0.05, 0) is 32.2 Å². The van der Waals surface area contributed by atoms with Crippen LogP contribution in [0, 0.1) is 0 Å². The summed E-state index contributed by atoms with van der Waals surface area (Å²) >= 11 is 0. The van der Waals surface area contributed by atoms with Crippen LogP contribution >= 0.6 is 0 Å². The number of hydrogen-bond acceptors (Lipinski definition) is 4. The third-order valence-corrected chi connectivity index (χ3v) is 5.58. The van der Waals surface area contributed by atoms with Crippen molar-refractivity contribution in [3.05, 3.63) is 0 Å². The molecule has 1 atom stereocenters. The van der Waals surface area contributed by atoms with Crippen LogP contribution in [0.4, 0.5) is 0 Å². The molecule has 0 aliphatic heterocycles. The van der Waals surface area contributed by atoms with Crippen molar-refractivity contribution in [3.8, 4) is 0 Å². The Labute approximate surface area is 189 Å². The number of amides is 3. The van der Waals surface area contributed by atoms with Crippen LogP contribution < -0.4 is 22.1 Å². The number of unbranched alkanes of at least 4 members (excludes halogenated alkanes) is 13. The molecule has 0 saturated heterocycles. The number of rotatable bonds is 22. The largest absolute Gasteiger partial charge is 0.368 e. The van der Waals surface area contributed by atoms with E-state index >= 15 is 0 Å². The third-order valence-electron chi connectivity index (χ3n) is 5.58. The van der Waals surface area contributed by atoms with E-state index in [9.17, 15) is 14.4 Å². The molecule has 3 amide bonds. The van der Waals surface area contributed by atoms with Crippen LogP contribution in [0.3, 0.4) is 0 Å². The molecule has 0 bridgehead atoms. The molecule has 0 spiro atoms. The molecule has 0 radical (unpaired) electrons. The molecule has 7 heteroatoms. The second-order valence-electron chi connectivity index (χ2n) is 8.58. The summed E-state index contributed by atoms with van der Waals surface area (Å²) in [4.78, 5) is 35.2. The van der Waals surface area contributed by atoms with Crippen molar-refractivity contribution < 1.29 is 14.4 Å². The third kappa shape index (κ3) is 20.0. The van der Waals surface area contributed by atoms with Crippen LogP contribution in [0.15, 0.2) is 0 Å². The Bertz CT molecular complexity index is 472. The van der Waals surface area contributed by atoms with Gasteiger partial charge in [-0.3, -0.25) is 14.4 Å². The number of hydrogen-bond donors (Lipinski definition) is 4. The first-order valence-corrected chi connectivity index (χ1v) is 12.6. The van der Waals surface area contributed by atoms with Gasteiger partial charge in [0.2, 0.25) is 17.7 Å². The fraction of sp³-hybridized carbons (Fsp3) is 0.875. The van der Waals surface area contributed by atoms with Gasteiger partial charge in [0, 0.05) is 6.42 Å². The Morgan fingerprint density at radius 3 is 1.71 bits per heavy atom. The monoisotopic (exact) mass is 440 g/mol. The van der Waals surface area contributed by atoms with Crippen molar-refractivity contribution in [2.75, 3.05) is 13.1 Å². The minimum Gasteiger partial charge on any atom is -0.368 e. The van der Waals surface area contributed by atoms with Crippen LogP contribution in [-0.2, 0) is 14.4 Å². The maximum absolute atomic E-state index is 11.9. The van der Waals surface area contributed by atoms with Gasteiger partial charge < -0.3 is 22.1 Å². The minimum absolute atomic E-state index is 0.127. The molecule has 0 aromatic heterocycles. The fourth-order valence-corrected chi connectivity index (χ4v) is 3.59. The average molecular weight is 441 g/mol. The normalized spacial score (nSPS) is 11.8. The summed E-state index contributed by atoms with van der Waals surface area (Å²) in [5, 5.41) is 5.19. The van der Waals surface area contributed by atoms with Gasteiger partial charge in [0.1, 0.15) is 6.04 Å². The van der Waals surface area contributed by atoms with Crippen molar-refractivity contribution in [2.24, 2.45) is 11.5 Å². The zero-order chi connectivity index (χ0) is 23.2. The molecule has 182 valence electrons. The molecule has 7 nitrogen and oxygen atoms in total. The van der Waals surface area contributed by atoms with E-state index in [4.69, 9.17) is 11.5 Å². The van der Waals surface area contributed by atoms with Gasteiger partial charge in [-0.25, -0.2) is 0 Å². The van der Waals surface area contributed by atoms with E-state index in [0.717, 1.165) is 32.1 Å². The van der Waals surface area contributed by atoms with E-state index in [1.54, 1.807) is 0 Å². The Morgan fingerprint density at radius 2 is 1.23 bits per heavy atom. The lowest BCUT2D eigenvalue weighted by Crippen LogP contribution is -2.47. The van der Waals surface area contributed by atoms with Crippen molar-refractivity contribution in [3.63, 3.8) is 0 Å². The first-order chi connectivity index (χ1) is 15.0. The number of carbonyl (C=O) groups is 3. The maximum Gasteiger partial charge on any atom is 0.240 e. The lowest BCUT2D eigenvalue weighted by molar-refractivity contribution is -0.128. The molecule has 0 rings (SSSR count). The summed E-state index contributed by atoms with van der Waals surface area (Å²) < 4.78 is 0. The zero-order valence-electron chi connectivity index (χ0n) is 19.9. The number of nitrogens with one attached hydrogen (secondary N) is 2. The Morgan fingerprint density at radius 1 is 0.710 bits per heavy atom. The van der Waals surface area contributed by atoms with E-state index in [1.807, 2.05) is 0 Å². The molecular weight excluding hydrogens is 392 g/mol. The van der Waals surface area contributed by atoms with Crippen molar-refractivity contribution in [1.82, 2.24) is 10.6 Å². The van der Waals surface area contributed by atoms with Crippen LogP contribution in [-0.4, -0.2) is 36.9 Å². The summed E-state index contributed by atoms with van der Waals surface area (Å²) in [6, 6.07) is -0.711. The SMILES string of the molecule is CCCCCCCCCCCCCCCC(=O)NCC(=O)N[C@@H](CCCCN)C(N)=O. The van der Waals surface area contributed by atoms with E-state index in [-0.39, 0.29) is 12.5 Å². The molecule has 6 N–H and O–H groups in total. The van der Waals surface area contributed by atoms with E-state index < -0.39 is 17.9 Å². The number of nitrogens with two attached hydrogens (primary N) is 2. The van der Waals surface area contributed by atoms with Gasteiger partial charge in [0.25, 0.3) is 0 Å². The second-order valence-corrected chi connectivity index (χ2v) is 8.58. The quantitative estimate of drug-likeness (QED) is 0.191. The summed E-state index contributed by atoms with van der Waals surface area (Å²) in [6.45, 7) is 2.66. The Kier molecular flexibility index (Phi) is 20.5. The predicted molar refractivity (Wildman–Crippen MR) is 127 cm³/mol. The summed E-state index contributed by atoms with van der Waals surface area (Å²) in [6.07, 6.45) is 18.8. The molecule has 0 aliphatic carbocycles. The molecule has 31 heavy (non-hydrogen) atoms. The minimum atomic E-state index is -0.711. The van der Waals surface area contributed by atoms with Crippen molar-refractivity contribution in [2.45, 2.75) is 122 Å². The summed E-state index contributed by atoms with van der Waals surface area (Å²) in [7, 11) is 0. The number of carbonyl (C=O) groups excluding carboxylic acids is 3. The van der Waals surface area contributed by atoms with Gasteiger partial charge in [-0.15, -0.1) is 0 Å². The highest BCUT2D eigenvalue weighted by Crippen LogP contribution is 2.12. The molecule has 0 heterocycles. The highest BCUT2D eigenvalue weighted by atomic mass is 16.2. The molecule has 0 saturated carbocycles. The van der Waals surface area contributed by atoms with E-state index in [0.29, 0.717) is 19.4 Å². The summed E-state index contributed by atoms with van der Waals surface area (Å²) in [5.74, 6) is -1.09.